The van der Waals surface area contributed by atoms with Gasteiger partial charge in [0, 0.05) is 30.9 Å². The summed E-state index contributed by atoms with van der Waals surface area (Å²) < 4.78 is 43.8. The molecule has 1 N–H and O–H groups in total. The van der Waals surface area contributed by atoms with Crippen LogP contribution in [0, 0.1) is 0 Å². The molecule has 1 fully saturated rings. The van der Waals surface area contributed by atoms with Gasteiger partial charge in [0.25, 0.3) is 0 Å². The van der Waals surface area contributed by atoms with Crippen LogP contribution in [0.4, 0.5) is 23.7 Å². The molecule has 1 aliphatic rings. The number of alkyl halides is 3. The molecule has 0 radical (unpaired) electrons. The SMILES string of the molecule is O=C(Nc1cccc(C(F)(F)F)c1)N1CCC(Oc2ccccn2)C1. The number of hydrogen-bond acceptors (Lipinski definition) is 3. The van der Waals surface area contributed by atoms with Gasteiger partial charge in [-0.2, -0.15) is 13.2 Å². The molecule has 0 saturated carbocycles. The molecular weight excluding hydrogens is 335 g/mol. The lowest BCUT2D eigenvalue weighted by atomic mass is 10.2. The average molecular weight is 351 g/mol. The van der Waals surface area contributed by atoms with Gasteiger partial charge in [-0.3, -0.25) is 0 Å². The number of ether oxygens (including phenoxy) is 1. The highest BCUT2D eigenvalue weighted by atomic mass is 19.4. The van der Waals surface area contributed by atoms with Crippen molar-refractivity contribution in [2.24, 2.45) is 0 Å². The average Bonchev–Trinajstić information content (AvgIpc) is 3.04. The van der Waals surface area contributed by atoms with E-state index in [1.807, 2.05) is 0 Å². The Morgan fingerprint density at radius 3 is 2.80 bits per heavy atom. The fraction of sp³-hybridized carbons (Fsp3) is 0.294. The number of amides is 2. The van der Waals surface area contributed by atoms with Crippen molar-refractivity contribution < 1.29 is 22.7 Å². The quantitative estimate of drug-likeness (QED) is 0.915. The van der Waals surface area contributed by atoms with Crippen LogP contribution in [0.15, 0.2) is 48.7 Å². The van der Waals surface area contributed by atoms with Crippen molar-refractivity contribution in [1.29, 1.82) is 0 Å². The first-order valence-corrected chi connectivity index (χ1v) is 7.73. The molecular formula is C17H16F3N3O2. The topological polar surface area (TPSA) is 54.5 Å². The molecule has 25 heavy (non-hydrogen) atoms. The number of anilines is 1. The Kier molecular flexibility index (Phi) is 4.78. The van der Waals surface area contributed by atoms with Crippen LogP contribution in [0.3, 0.4) is 0 Å². The smallest absolute Gasteiger partial charge is 0.416 e. The predicted octanol–water partition coefficient (Wildman–Crippen LogP) is 3.79. The van der Waals surface area contributed by atoms with Gasteiger partial charge in [0.2, 0.25) is 5.88 Å². The molecule has 1 saturated heterocycles. The zero-order valence-corrected chi connectivity index (χ0v) is 13.2. The molecule has 1 atom stereocenters. The largest absolute Gasteiger partial charge is 0.472 e. The van der Waals surface area contributed by atoms with E-state index in [0.29, 0.717) is 25.4 Å². The monoisotopic (exact) mass is 351 g/mol. The molecule has 1 unspecified atom stereocenters. The van der Waals surface area contributed by atoms with Crippen LogP contribution < -0.4 is 10.1 Å². The fourth-order valence-corrected chi connectivity index (χ4v) is 2.57. The van der Waals surface area contributed by atoms with E-state index in [4.69, 9.17) is 4.74 Å². The Bertz CT molecular complexity index is 737. The second kappa shape index (κ2) is 7.00. The molecule has 2 heterocycles. The lowest BCUT2D eigenvalue weighted by Gasteiger charge is -2.18. The normalized spacial score (nSPS) is 17.4. The van der Waals surface area contributed by atoms with E-state index in [0.717, 1.165) is 12.1 Å². The lowest BCUT2D eigenvalue weighted by molar-refractivity contribution is -0.137. The number of likely N-dealkylation sites (tertiary alicyclic amines) is 1. The standard InChI is InChI=1S/C17H16F3N3O2/c18-17(19,20)12-4-3-5-13(10-12)22-16(24)23-9-7-14(11-23)25-15-6-1-2-8-21-15/h1-6,8,10,14H,7,9,11H2,(H,22,24). The Morgan fingerprint density at radius 1 is 1.24 bits per heavy atom. The van der Waals surface area contributed by atoms with Crippen molar-refractivity contribution >= 4 is 11.7 Å². The third-order valence-corrected chi connectivity index (χ3v) is 3.80. The first-order valence-electron chi connectivity index (χ1n) is 7.73. The second-order valence-corrected chi connectivity index (χ2v) is 5.65. The van der Waals surface area contributed by atoms with Crippen LogP contribution in [0.5, 0.6) is 5.88 Å². The Hall–Kier alpha value is -2.77. The minimum Gasteiger partial charge on any atom is -0.472 e. The van der Waals surface area contributed by atoms with Crippen LogP contribution in [0.2, 0.25) is 0 Å². The van der Waals surface area contributed by atoms with E-state index < -0.39 is 17.8 Å². The van der Waals surface area contributed by atoms with Gasteiger partial charge in [0.15, 0.2) is 0 Å². The number of aromatic nitrogens is 1. The molecule has 3 rings (SSSR count). The molecule has 8 heteroatoms. The van der Waals surface area contributed by atoms with Gasteiger partial charge in [0.1, 0.15) is 6.10 Å². The molecule has 1 aromatic heterocycles. The summed E-state index contributed by atoms with van der Waals surface area (Å²) in [4.78, 5) is 17.8. The van der Waals surface area contributed by atoms with Crippen LogP contribution in [-0.2, 0) is 6.18 Å². The molecule has 5 nitrogen and oxygen atoms in total. The molecule has 1 aromatic carbocycles. The molecule has 132 valence electrons. The number of rotatable bonds is 3. The third kappa shape index (κ3) is 4.40. The van der Waals surface area contributed by atoms with E-state index in [1.54, 1.807) is 24.4 Å². The zero-order valence-electron chi connectivity index (χ0n) is 13.2. The van der Waals surface area contributed by atoms with Crippen molar-refractivity contribution in [3.05, 3.63) is 54.2 Å². The van der Waals surface area contributed by atoms with Gasteiger partial charge in [-0.15, -0.1) is 0 Å². The number of halogens is 3. The number of nitrogens with zero attached hydrogens (tertiary/aromatic N) is 2. The van der Waals surface area contributed by atoms with E-state index in [2.05, 4.69) is 10.3 Å². The van der Waals surface area contributed by atoms with Crippen molar-refractivity contribution in [1.82, 2.24) is 9.88 Å². The van der Waals surface area contributed by atoms with Crippen LogP contribution in [0.1, 0.15) is 12.0 Å². The number of benzene rings is 1. The summed E-state index contributed by atoms with van der Waals surface area (Å²) in [5.41, 5.74) is -0.697. The van der Waals surface area contributed by atoms with Gasteiger partial charge in [-0.25, -0.2) is 9.78 Å². The van der Waals surface area contributed by atoms with Gasteiger partial charge < -0.3 is 15.0 Å². The molecule has 2 amide bonds. The number of carbonyl (C=O) groups excluding carboxylic acids is 1. The van der Waals surface area contributed by atoms with Gasteiger partial charge in [-0.05, 0) is 24.3 Å². The number of hydrogen-bond donors (Lipinski definition) is 1. The predicted molar refractivity (Wildman–Crippen MR) is 85.3 cm³/mol. The number of carbonyl (C=O) groups is 1. The van der Waals surface area contributed by atoms with Crippen LogP contribution in [-0.4, -0.2) is 35.1 Å². The summed E-state index contributed by atoms with van der Waals surface area (Å²) in [6.45, 7) is 0.809. The first kappa shape index (κ1) is 17.1. The lowest BCUT2D eigenvalue weighted by Crippen LogP contribution is -2.34. The molecule has 0 spiro atoms. The van der Waals surface area contributed by atoms with Crippen LogP contribution in [0.25, 0.3) is 0 Å². The summed E-state index contributed by atoms with van der Waals surface area (Å²) in [7, 11) is 0. The first-order chi connectivity index (χ1) is 11.9. The Balaban J connectivity index is 1.58. The molecule has 1 aliphatic heterocycles. The van der Waals surface area contributed by atoms with Gasteiger partial charge in [-0.1, -0.05) is 12.1 Å². The van der Waals surface area contributed by atoms with Crippen LogP contribution >= 0.6 is 0 Å². The van der Waals surface area contributed by atoms with Crippen molar-refractivity contribution in [2.75, 3.05) is 18.4 Å². The van der Waals surface area contributed by atoms with E-state index in [1.165, 1.54) is 17.0 Å². The summed E-state index contributed by atoms with van der Waals surface area (Å²) in [6, 6.07) is 9.40. The summed E-state index contributed by atoms with van der Waals surface area (Å²) in [5.74, 6) is 0.479. The fourth-order valence-electron chi connectivity index (χ4n) is 2.57. The molecule has 0 aliphatic carbocycles. The van der Waals surface area contributed by atoms with E-state index >= 15 is 0 Å². The Morgan fingerprint density at radius 2 is 2.08 bits per heavy atom. The highest BCUT2D eigenvalue weighted by Gasteiger charge is 2.31. The Labute approximate surface area is 142 Å². The number of pyridine rings is 1. The van der Waals surface area contributed by atoms with Gasteiger partial charge >= 0.3 is 12.2 Å². The maximum Gasteiger partial charge on any atom is 0.416 e. The minimum atomic E-state index is -4.45. The van der Waals surface area contributed by atoms with Crippen molar-refractivity contribution in [2.45, 2.75) is 18.7 Å². The minimum absolute atomic E-state index is 0.105. The maximum absolute atomic E-state index is 12.7. The van der Waals surface area contributed by atoms with E-state index in [-0.39, 0.29) is 11.8 Å². The summed E-state index contributed by atoms with van der Waals surface area (Å²) in [6.07, 6.45) is -2.40. The summed E-state index contributed by atoms with van der Waals surface area (Å²) >= 11 is 0. The zero-order chi connectivity index (χ0) is 17.9. The van der Waals surface area contributed by atoms with Crippen molar-refractivity contribution in [3.8, 4) is 5.88 Å². The second-order valence-electron chi connectivity index (χ2n) is 5.65. The van der Waals surface area contributed by atoms with Gasteiger partial charge in [0.05, 0.1) is 12.1 Å². The number of urea groups is 1. The molecule has 0 bridgehead atoms. The van der Waals surface area contributed by atoms with Crippen molar-refractivity contribution in [3.63, 3.8) is 0 Å². The molecule has 2 aromatic rings. The van der Waals surface area contributed by atoms with E-state index in [9.17, 15) is 18.0 Å². The summed E-state index contributed by atoms with van der Waals surface area (Å²) in [5, 5.41) is 2.50. The maximum atomic E-state index is 12.7. The third-order valence-electron chi connectivity index (χ3n) is 3.80. The number of nitrogens with one attached hydrogen (secondary N) is 1. The highest BCUT2D eigenvalue weighted by Crippen LogP contribution is 2.30. The highest BCUT2D eigenvalue weighted by molar-refractivity contribution is 5.89.